The van der Waals surface area contributed by atoms with Crippen molar-refractivity contribution in [3.63, 3.8) is 0 Å². The smallest absolute Gasteiger partial charge is 0.324 e. The van der Waals surface area contributed by atoms with Crippen LogP contribution in [0.5, 0.6) is 0 Å². The number of ketones is 1. The number of hydrogen-bond acceptors (Lipinski definition) is 4. The maximum absolute atomic E-state index is 10.8. The molecule has 1 saturated carbocycles. The average molecular weight is 171 g/mol. The largest absolute Gasteiger partial charge is 0.373 e. The van der Waals surface area contributed by atoms with Crippen molar-refractivity contribution in [1.82, 2.24) is 0 Å². The van der Waals surface area contributed by atoms with Gasteiger partial charge in [-0.2, -0.15) is 5.90 Å². The molecular formula is C8H13NO3. The first kappa shape index (κ1) is 9.19. The number of Topliss-reactive ketones (excluding diaryl/α,β-unsaturated/α-hetero) is 1. The highest BCUT2D eigenvalue weighted by Gasteiger charge is 2.45. The lowest BCUT2D eigenvalue weighted by atomic mass is 9.96. The summed E-state index contributed by atoms with van der Waals surface area (Å²) in [5.74, 6) is 4.40. The first-order valence-corrected chi connectivity index (χ1v) is 3.97. The van der Waals surface area contributed by atoms with Gasteiger partial charge in [0.15, 0.2) is 0 Å². The molecular weight excluding hydrogens is 158 g/mol. The highest BCUT2D eigenvalue weighted by atomic mass is 16.7. The zero-order chi connectivity index (χ0) is 9.19. The number of hydrogen-bond donors (Lipinski definition) is 1. The Kier molecular flexibility index (Phi) is 2.47. The average Bonchev–Trinajstić information content (AvgIpc) is 2.67. The summed E-state index contributed by atoms with van der Waals surface area (Å²) in [5, 5.41) is 0. The zero-order valence-corrected chi connectivity index (χ0v) is 7.13. The van der Waals surface area contributed by atoms with Crippen LogP contribution in [0, 0.1) is 5.41 Å². The van der Waals surface area contributed by atoms with Crippen molar-refractivity contribution in [3.8, 4) is 0 Å². The van der Waals surface area contributed by atoms with Crippen LogP contribution in [0.2, 0.25) is 0 Å². The lowest BCUT2D eigenvalue weighted by molar-refractivity contribution is -0.145. The Morgan fingerprint density at radius 3 is 2.33 bits per heavy atom. The summed E-state index contributed by atoms with van der Waals surface area (Å²) in [6.45, 7) is 1.54. The van der Waals surface area contributed by atoms with Gasteiger partial charge in [-0.05, 0) is 25.2 Å². The second-order valence-corrected chi connectivity index (χ2v) is 3.55. The maximum atomic E-state index is 10.8. The molecule has 12 heavy (non-hydrogen) atoms. The Hall–Kier alpha value is -0.900. The fourth-order valence-corrected chi connectivity index (χ4v) is 1.47. The van der Waals surface area contributed by atoms with Crippen molar-refractivity contribution in [2.75, 3.05) is 0 Å². The van der Waals surface area contributed by atoms with E-state index in [1.165, 1.54) is 6.92 Å². The van der Waals surface area contributed by atoms with Crippen LogP contribution in [0.4, 0.5) is 0 Å². The van der Waals surface area contributed by atoms with Crippen LogP contribution < -0.4 is 5.90 Å². The molecule has 0 heterocycles. The van der Waals surface area contributed by atoms with Gasteiger partial charge in [-0.25, -0.2) is 0 Å². The van der Waals surface area contributed by atoms with Gasteiger partial charge < -0.3 is 9.63 Å². The monoisotopic (exact) mass is 171 g/mol. The number of rotatable bonds is 4. The van der Waals surface area contributed by atoms with Crippen molar-refractivity contribution < 1.29 is 14.4 Å². The lowest BCUT2D eigenvalue weighted by Crippen LogP contribution is -2.17. The van der Waals surface area contributed by atoms with E-state index in [0.29, 0.717) is 6.42 Å². The number of carbonyl (C=O) groups excluding carboxylic acids is 2. The van der Waals surface area contributed by atoms with Crippen LogP contribution in [0.15, 0.2) is 0 Å². The number of carbonyl (C=O) groups is 2. The van der Waals surface area contributed by atoms with Crippen LogP contribution >= 0.6 is 0 Å². The van der Waals surface area contributed by atoms with Crippen molar-refractivity contribution in [2.45, 2.75) is 32.6 Å². The minimum absolute atomic E-state index is 0.109. The molecule has 0 aromatic carbocycles. The molecule has 4 heteroatoms. The van der Waals surface area contributed by atoms with Crippen LogP contribution in [-0.2, 0) is 14.4 Å². The van der Waals surface area contributed by atoms with Crippen LogP contribution in [0.1, 0.15) is 32.6 Å². The first-order chi connectivity index (χ1) is 5.58. The fraction of sp³-hybridized carbons (Fsp3) is 0.750. The summed E-state index contributed by atoms with van der Waals surface area (Å²) in [6, 6.07) is 0. The molecule has 0 bridgehead atoms. The summed E-state index contributed by atoms with van der Waals surface area (Å²) in [7, 11) is 0. The van der Waals surface area contributed by atoms with E-state index < -0.39 is 5.97 Å². The Labute approximate surface area is 71.0 Å². The van der Waals surface area contributed by atoms with Gasteiger partial charge in [0, 0.05) is 6.42 Å². The standard InChI is InChI=1S/C8H13NO3/c1-6(10)4-8(2-3-8)5-7(11)12-9/h2-5,9H2,1H3. The normalized spacial score (nSPS) is 18.5. The highest BCUT2D eigenvalue weighted by molar-refractivity contribution is 5.78. The van der Waals surface area contributed by atoms with E-state index in [1.807, 2.05) is 0 Å². The van der Waals surface area contributed by atoms with Gasteiger partial charge in [0.25, 0.3) is 0 Å². The molecule has 0 atom stereocenters. The molecule has 1 aliphatic rings. The Bertz CT molecular complexity index is 208. The Morgan fingerprint density at radius 2 is 2.00 bits per heavy atom. The van der Waals surface area contributed by atoms with Gasteiger partial charge in [0.1, 0.15) is 5.78 Å². The van der Waals surface area contributed by atoms with Crippen LogP contribution in [0.25, 0.3) is 0 Å². The van der Waals surface area contributed by atoms with Gasteiger partial charge in [0.2, 0.25) is 0 Å². The molecule has 0 unspecified atom stereocenters. The van der Waals surface area contributed by atoms with E-state index in [1.54, 1.807) is 0 Å². The predicted octanol–water partition coefficient (Wildman–Crippen LogP) is 0.553. The van der Waals surface area contributed by atoms with Crippen molar-refractivity contribution in [3.05, 3.63) is 0 Å². The zero-order valence-electron chi connectivity index (χ0n) is 7.13. The lowest BCUT2D eigenvalue weighted by Gasteiger charge is -2.09. The summed E-state index contributed by atoms with van der Waals surface area (Å²) >= 11 is 0. The third-order valence-corrected chi connectivity index (χ3v) is 2.23. The van der Waals surface area contributed by atoms with E-state index in [0.717, 1.165) is 12.8 Å². The molecule has 0 aromatic heterocycles. The second kappa shape index (κ2) is 3.23. The molecule has 0 radical (unpaired) electrons. The van der Waals surface area contributed by atoms with Gasteiger partial charge in [0.05, 0.1) is 6.42 Å². The highest BCUT2D eigenvalue weighted by Crippen LogP contribution is 2.51. The van der Waals surface area contributed by atoms with Crippen molar-refractivity contribution >= 4 is 11.8 Å². The molecule has 68 valence electrons. The molecule has 0 amide bonds. The van der Waals surface area contributed by atoms with Gasteiger partial charge >= 0.3 is 5.97 Å². The Balaban J connectivity index is 2.39. The summed E-state index contributed by atoms with van der Waals surface area (Å²) in [6.07, 6.45) is 2.62. The van der Waals surface area contributed by atoms with Crippen LogP contribution in [0.3, 0.4) is 0 Å². The fourth-order valence-electron chi connectivity index (χ4n) is 1.47. The molecule has 0 saturated heterocycles. The minimum Gasteiger partial charge on any atom is -0.373 e. The molecule has 1 aliphatic carbocycles. The maximum Gasteiger partial charge on any atom is 0.324 e. The van der Waals surface area contributed by atoms with E-state index in [4.69, 9.17) is 5.90 Å². The summed E-state index contributed by atoms with van der Waals surface area (Å²) in [5.41, 5.74) is -0.109. The third-order valence-electron chi connectivity index (χ3n) is 2.23. The molecule has 0 aliphatic heterocycles. The molecule has 0 spiro atoms. The van der Waals surface area contributed by atoms with E-state index in [-0.39, 0.29) is 17.6 Å². The quantitative estimate of drug-likeness (QED) is 0.627. The van der Waals surface area contributed by atoms with E-state index in [2.05, 4.69) is 4.84 Å². The van der Waals surface area contributed by atoms with Gasteiger partial charge in [-0.3, -0.25) is 4.79 Å². The SMILES string of the molecule is CC(=O)CC1(CC(=O)ON)CC1. The first-order valence-electron chi connectivity index (χ1n) is 3.97. The molecule has 0 aromatic rings. The van der Waals surface area contributed by atoms with Crippen molar-refractivity contribution in [2.24, 2.45) is 11.3 Å². The molecule has 4 nitrogen and oxygen atoms in total. The molecule has 2 N–H and O–H groups in total. The topological polar surface area (TPSA) is 69.4 Å². The number of nitrogens with two attached hydrogens (primary N) is 1. The predicted molar refractivity (Wildman–Crippen MR) is 41.9 cm³/mol. The van der Waals surface area contributed by atoms with Crippen LogP contribution in [-0.4, -0.2) is 11.8 Å². The van der Waals surface area contributed by atoms with Crippen molar-refractivity contribution in [1.29, 1.82) is 0 Å². The second-order valence-electron chi connectivity index (χ2n) is 3.55. The minimum atomic E-state index is -0.422. The molecule has 1 fully saturated rings. The Morgan fingerprint density at radius 1 is 1.42 bits per heavy atom. The summed E-state index contributed by atoms with van der Waals surface area (Å²) in [4.78, 5) is 25.6. The third kappa shape index (κ3) is 2.30. The van der Waals surface area contributed by atoms with Gasteiger partial charge in [-0.1, -0.05) is 0 Å². The van der Waals surface area contributed by atoms with E-state index >= 15 is 0 Å². The summed E-state index contributed by atoms with van der Waals surface area (Å²) < 4.78 is 0. The molecule has 1 rings (SSSR count). The van der Waals surface area contributed by atoms with Gasteiger partial charge in [-0.15, -0.1) is 0 Å². The van der Waals surface area contributed by atoms with E-state index in [9.17, 15) is 9.59 Å².